The molecule has 0 radical (unpaired) electrons. The predicted octanol–water partition coefficient (Wildman–Crippen LogP) is 5.42. The van der Waals surface area contributed by atoms with Crippen LogP contribution in [0.15, 0.2) is 36.4 Å². The molecule has 0 aliphatic rings. The summed E-state index contributed by atoms with van der Waals surface area (Å²) in [5, 5.41) is 3.55. The third-order valence-electron chi connectivity index (χ3n) is 4.48. The summed E-state index contributed by atoms with van der Waals surface area (Å²) < 4.78 is 10.7. The zero-order chi connectivity index (χ0) is 21.4. The molecule has 5 nitrogen and oxygen atoms in total. The second kappa shape index (κ2) is 10.9. The van der Waals surface area contributed by atoms with Crippen LogP contribution in [0, 0.1) is 13.8 Å². The van der Waals surface area contributed by atoms with E-state index in [0.717, 1.165) is 22.4 Å². The van der Waals surface area contributed by atoms with Crippen LogP contribution in [-0.2, 0) is 14.3 Å². The van der Waals surface area contributed by atoms with Crippen molar-refractivity contribution in [3.05, 3.63) is 58.1 Å². The summed E-state index contributed by atoms with van der Waals surface area (Å²) >= 11 is 5.98. The van der Waals surface area contributed by atoms with Gasteiger partial charge in [-0.1, -0.05) is 43.6 Å². The highest BCUT2D eigenvalue weighted by Gasteiger charge is 2.13. The molecule has 0 aliphatic heterocycles. The van der Waals surface area contributed by atoms with Crippen molar-refractivity contribution in [3.8, 4) is 5.75 Å². The minimum atomic E-state index is -0.426. The molecule has 2 aromatic carbocycles. The van der Waals surface area contributed by atoms with Crippen LogP contribution in [0.1, 0.15) is 49.3 Å². The lowest BCUT2D eigenvalue weighted by Gasteiger charge is -2.16. The first-order valence-electron chi connectivity index (χ1n) is 9.72. The Labute approximate surface area is 177 Å². The van der Waals surface area contributed by atoms with Crippen LogP contribution in [0.2, 0.25) is 5.02 Å². The van der Waals surface area contributed by atoms with Crippen molar-refractivity contribution >= 4 is 29.2 Å². The SMILES string of the molecule is Cc1cc(OCCCC(=O)OCC(=O)Nc2c(C)cccc2C(C)C)ccc1Cl. The number of benzene rings is 2. The molecule has 0 fully saturated rings. The van der Waals surface area contributed by atoms with Crippen molar-refractivity contribution in [2.24, 2.45) is 0 Å². The Balaban J connectivity index is 1.72. The number of hydrogen-bond donors (Lipinski definition) is 1. The second-order valence-corrected chi connectivity index (χ2v) is 7.67. The highest BCUT2D eigenvalue weighted by atomic mass is 35.5. The monoisotopic (exact) mass is 417 g/mol. The van der Waals surface area contributed by atoms with Gasteiger partial charge in [0.1, 0.15) is 5.75 Å². The summed E-state index contributed by atoms with van der Waals surface area (Å²) in [7, 11) is 0. The standard InChI is InChI=1S/C23H28ClNO4/c1-15(2)19-8-5-7-16(3)23(19)25-21(26)14-29-22(27)9-6-12-28-18-10-11-20(24)17(4)13-18/h5,7-8,10-11,13,15H,6,9,12,14H2,1-4H3,(H,25,26). The lowest BCUT2D eigenvalue weighted by Crippen LogP contribution is -2.22. The van der Waals surface area contributed by atoms with Gasteiger partial charge < -0.3 is 14.8 Å². The molecule has 2 aromatic rings. The Morgan fingerprint density at radius 2 is 1.86 bits per heavy atom. The fourth-order valence-electron chi connectivity index (χ4n) is 2.85. The number of amides is 1. The summed E-state index contributed by atoms with van der Waals surface area (Å²) in [5.74, 6) is 0.211. The van der Waals surface area contributed by atoms with E-state index in [1.165, 1.54) is 0 Å². The Morgan fingerprint density at radius 1 is 1.10 bits per heavy atom. The fourth-order valence-corrected chi connectivity index (χ4v) is 2.97. The molecule has 1 N–H and O–H groups in total. The highest BCUT2D eigenvalue weighted by Crippen LogP contribution is 2.27. The molecule has 0 aliphatic carbocycles. The number of carbonyl (C=O) groups excluding carboxylic acids is 2. The number of hydrogen-bond acceptors (Lipinski definition) is 4. The van der Waals surface area contributed by atoms with Gasteiger partial charge in [0.25, 0.3) is 5.91 Å². The Morgan fingerprint density at radius 3 is 2.55 bits per heavy atom. The first kappa shape index (κ1) is 22.8. The van der Waals surface area contributed by atoms with Crippen molar-refractivity contribution in [3.63, 3.8) is 0 Å². The Hall–Kier alpha value is -2.53. The van der Waals surface area contributed by atoms with E-state index < -0.39 is 5.97 Å². The van der Waals surface area contributed by atoms with Gasteiger partial charge in [-0.05, 0) is 61.1 Å². The van der Waals surface area contributed by atoms with Crippen LogP contribution < -0.4 is 10.1 Å². The Kier molecular flexibility index (Phi) is 8.52. The molecule has 6 heteroatoms. The maximum Gasteiger partial charge on any atom is 0.306 e. The maximum absolute atomic E-state index is 12.2. The van der Waals surface area contributed by atoms with Crippen molar-refractivity contribution in [1.82, 2.24) is 0 Å². The van der Waals surface area contributed by atoms with E-state index in [1.807, 2.05) is 38.1 Å². The minimum absolute atomic E-state index is 0.182. The molecule has 0 saturated heterocycles. The third-order valence-corrected chi connectivity index (χ3v) is 4.90. The number of esters is 1. The minimum Gasteiger partial charge on any atom is -0.494 e. The molecule has 0 aromatic heterocycles. The number of aryl methyl sites for hydroxylation is 2. The van der Waals surface area contributed by atoms with Gasteiger partial charge in [-0.2, -0.15) is 0 Å². The first-order valence-corrected chi connectivity index (χ1v) is 10.1. The largest absolute Gasteiger partial charge is 0.494 e. The second-order valence-electron chi connectivity index (χ2n) is 7.27. The fraction of sp³-hybridized carbons (Fsp3) is 0.391. The van der Waals surface area contributed by atoms with Crippen molar-refractivity contribution < 1.29 is 19.1 Å². The topological polar surface area (TPSA) is 64.6 Å². The smallest absolute Gasteiger partial charge is 0.306 e. The van der Waals surface area contributed by atoms with Crippen molar-refractivity contribution in [2.75, 3.05) is 18.5 Å². The Bertz CT molecular complexity index is 864. The van der Waals surface area contributed by atoms with E-state index in [9.17, 15) is 9.59 Å². The average Bonchev–Trinajstić information content (AvgIpc) is 2.67. The van der Waals surface area contributed by atoms with E-state index >= 15 is 0 Å². The number of halogens is 1. The number of para-hydroxylation sites is 1. The zero-order valence-corrected chi connectivity index (χ0v) is 18.1. The number of nitrogens with one attached hydrogen (secondary N) is 1. The van der Waals surface area contributed by atoms with Gasteiger partial charge in [0, 0.05) is 17.1 Å². The van der Waals surface area contributed by atoms with Gasteiger partial charge in [0.15, 0.2) is 6.61 Å². The summed E-state index contributed by atoms with van der Waals surface area (Å²) in [5.41, 5.74) is 3.75. The number of ether oxygens (including phenoxy) is 2. The molecule has 0 unspecified atom stereocenters. The van der Waals surface area contributed by atoms with Crippen LogP contribution in [-0.4, -0.2) is 25.1 Å². The lowest BCUT2D eigenvalue weighted by atomic mass is 9.98. The lowest BCUT2D eigenvalue weighted by molar-refractivity contribution is -0.147. The predicted molar refractivity (Wildman–Crippen MR) is 116 cm³/mol. The first-order chi connectivity index (χ1) is 13.8. The molecule has 0 heterocycles. The van der Waals surface area contributed by atoms with E-state index in [-0.39, 0.29) is 24.9 Å². The summed E-state index contributed by atoms with van der Waals surface area (Å²) in [6, 6.07) is 11.3. The molecule has 2 rings (SSSR count). The van der Waals surface area contributed by atoms with E-state index in [2.05, 4.69) is 19.2 Å². The van der Waals surface area contributed by atoms with Gasteiger partial charge in [-0.3, -0.25) is 9.59 Å². The van der Waals surface area contributed by atoms with Gasteiger partial charge in [0.05, 0.1) is 6.61 Å². The third kappa shape index (κ3) is 7.09. The zero-order valence-electron chi connectivity index (χ0n) is 17.4. The van der Waals surface area contributed by atoms with Gasteiger partial charge in [-0.15, -0.1) is 0 Å². The summed E-state index contributed by atoms with van der Waals surface area (Å²) in [6.07, 6.45) is 0.679. The molecule has 0 atom stereocenters. The van der Waals surface area contributed by atoms with Crippen LogP contribution in [0.5, 0.6) is 5.75 Å². The van der Waals surface area contributed by atoms with Crippen molar-refractivity contribution in [1.29, 1.82) is 0 Å². The van der Waals surface area contributed by atoms with Crippen LogP contribution >= 0.6 is 11.6 Å². The molecular formula is C23H28ClNO4. The molecular weight excluding hydrogens is 390 g/mol. The summed E-state index contributed by atoms with van der Waals surface area (Å²) in [6.45, 7) is 8.05. The summed E-state index contributed by atoms with van der Waals surface area (Å²) in [4.78, 5) is 24.1. The molecule has 0 bridgehead atoms. The van der Waals surface area contributed by atoms with E-state index in [0.29, 0.717) is 23.8 Å². The molecule has 1 amide bonds. The van der Waals surface area contributed by atoms with Gasteiger partial charge in [0.2, 0.25) is 0 Å². The molecule has 156 valence electrons. The number of rotatable bonds is 9. The van der Waals surface area contributed by atoms with Crippen molar-refractivity contribution in [2.45, 2.75) is 46.5 Å². The van der Waals surface area contributed by atoms with E-state index in [4.69, 9.17) is 21.1 Å². The van der Waals surface area contributed by atoms with Crippen LogP contribution in [0.4, 0.5) is 5.69 Å². The maximum atomic E-state index is 12.2. The number of anilines is 1. The molecule has 0 spiro atoms. The van der Waals surface area contributed by atoms with E-state index in [1.54, 1.807) is 12.1 Å². The molecule has 0 saturated carbocycles. The van der Waals surface area contributed by atoms with Crippen LogP contribution in [0.25, 0.3) is 0 Å². The average molecular weight is 418 g/mol. The normalized spacial score (nSPS) is 10.7. The number of carbonyl (C=O) groups is 2. The van der Waals surface area contributed by atoms with Gasteiger partial charge in [-0.25, -0.2) is 0 Å². The highest BCUT2D eigenvalue weighted by molar-refractivity contribution is 6.31. The quantitative estimate of drug-likeness (QED) is 0.437. The molecule has 29 heavy (non-hydrogen) atoms. The van der Waals surface area contributed by atoms with Gasteiger partial charge >= 0.3 is 5.97 Å². The van der Waals surface area contributed by atoms with Crippen LogP contribution in [0.3, 0.4) is 0 Å².